The van der Waals surface area contributed by atoms with Gasteiger partial charge in [-0.2, -0.15) is 0 Å². The minimum Gasteiger partial charge on any atom is -0.496 e. The Kier molecular flexibility index (Phi) is 8.32. The summed E-state index contributed by atoms with van der Waals surface area (Å²) in [6, 6.07) is 13.7. The van der Waals surface area contributed by atoms with Gasteiger partial charge in [0, 0.05) is 19.1 Å². The molecular weight excluding hydrogens is 424 g/mol. The molecule has 0 saturated carbocycles. The fraction of sp³-hybridized carbons (Fsp3) is 0.480. The number of hydrogen-bond donors (Lipinski definition) is 1. The number of likely N-dealkylation sites (tertiary alicyclic amines) is 1. The molecule has 1 N–H and O–H groups in total. The first-order valence-electron chi connectivity index (χ1n) is 11.4. The first-order valence-corrected chi connectivity index (χ1v) is 12.8. The van der Waals surface area contributed by atoms with Crippen LogP contribution in [0.15, 0.2) is 53.4 Å². The third-order valence-corrected chi connectivity index (χ3v) is 7.28. The molecule has 1 heterocycles. The summed E-state index contributed by atoms with van der Waals surface area (Å²) in [7, 11) is -2.35. The highest BCUT2D eigenvalue weighted by Gasteiger charge is 2.26. The number of carbonyl (C=O) groups excluding carboxylic acids is 1. The highest BCUT2D eigenvalue weighted by atomic mass is 32.2. The van der Waals surface area contributed by atoms with Gasteiger partial charge in [-0.1, -0.05) is 57.0 Å². The van der Waals surface area contributed by atoms with E-state index in [1.54, 1.807) is 11.0 Å². The zero-order chi connectivity index (χ0) is 23.1. The van der Waals surface area contributed by atoms with E-state index in [1.807, 2.05) is 30.3 Å². The number of nitrogens with zero attached hydrogens (tertiary/aromatic N) is 1. The van der Waals surface area contributed by atoms with E-state index in [0.29, 0.717) is 31.2 Å². The predicted molar refractivity (Wildman–Crippen MR) is 126 cm³/mol. The minimum absolute atomic E-state index is 0.0705. The van der Waals surface area contributed by atoms with Crippen LogP contribution in [0, 0.1) is 5.92 Å². The molecule has 7 heteroatoms. The van der Waals surface area contributed by atoms with E-state index in [4.69, 9.17) is 4.74 Å². The second kappa shape index (κ2) is 11.0. The van der Waals surface area contributed by atoms with Gasteiger partial charge in [0.25, 0.3) is 5.91 Å². The maximum absolute atomic E-state index is 13.3. The molecule has 0 unspecified atom stereocenters. The third kappa shape index (κ3) is 6.11. The van der Waals surface area contributed by atoms with Crippen LogP contribution in [0.4, 0.5) is 0 Å². The SMILES string of the molecule is COc1ccc(S(=O)(=O)N[C@@H](CC(C)C)c2ccccc2)cc1C(=O)N1CCCCCC1. The second-order valence-corrected chi connectivity index (χ2v) is 10.5. The maximum atomic E-state index is 13.3. The van der Waals surface area contributed by atoms with Gasteiger partial charge < -0.3 is 9.64 Å². The summed E-state index contributed by atoms with van der Waals surface area (Å²) >= 11 is 0. The molecule has 1 saturated heterocycles. The van der Waals surface area contributed by atoms with Gasteiger partial charge in [0.1, 0.15) is 5.75 Å². The summed E-state index contributed by atoms with van der Waals surface area (Å²) < 4.78 is 34.9. The number of carbonyl (C=O) groups is 1. The van der Waals surface area contributed by atoms with Crippen LogP contribution in [0.1, 0.15) is 67.9 Å². The van der Waals surface area contributed by atoms with Crippen LogP contribution in [0.2, 0.25) is 0 Å². The molecule has 174 valence electrons. The van der Waals surface area contributed by atoms with Crippen LogP contribution in [-0.2, 0) is 10.0 Å². The lowest BCUT2D eigenvalue weighted by Gasteiger charge is -2.23. The summed E-state index contributed by atoms with van der Waals surface area (Å²) in [5, 5.41) is 0. The Bertz CT molecular complexity index is 998. The smallest absolute Gasteiger partial charge is 0.257 e. The highest BCUT2D eigenvalue weighted by Crippen LogP contribution is 2.28. The summed E-state index contributed by atoms with van der Waals surface area (Å²) in [5.74, 6) is 0.515. The van der Waals surface area contributed by atoms with E-state index < -0.39 is 10.0 Å². The van der Waals surface area contributed by atoms with Crippen molar-refractivity contribution in [2.75, 3.05) is 20.2 Å². The average molecular weight is 459 g/mol. The van der Waals surface area contributed by atoms with E-state index in [2.05, 4.69) is 18.6 Å². The Labute approximate surface area is 192 Å². The van der Waals surface area contributed by atoms with Gasteiger partial charge in [-0.3, -0.25) is 4.79 Å². The van der Waals surface area contributed by atoms with Gasteiger partial charge in [-0.05, 0) is 48.9 Å². The van der Waals surface area contributed by atoms with Gasteiger partial charge in [-0.15, -0.1) is 0 Å². The van der Waals surface area contributed by atoms with Gasteiger partial charge in [0.05, 0.1) is 17.6 Å². The zero-order valence-corrected chi connectivity index (χ0v) is 20.0. The molecule has 2 aromatic rings. The van der Waals surface area contributed by atoms with E-state index in [9.17, 15) is 13.2 Å². The Hall–Kier alpha value is -2.38. The van der Waals surface area contributed by atoms with Crippen molar-refractivity contribution >= 4 is 15.9 Å². The molecular formula is C25H34N2O4S. The number of nitrogens with one attached hydrogen (secondary N) is 1. The van der Waals surface area contributed by atoms with Gasteiger partial charge in [-0.25, -0.2) is 13.1 Å². The lowest BCUT2D eigenvalue weighted by atomic mass is 9.98. The van der Waals surface area contributed by atoms with Crippen molar-refractivity contribution in [3.8, 4) is 5.75 Å². The van der Waals surface area contributed by atoms with E-state index in [0.717, 1.165) is 31.2 Å². The molecule has 1 aliphatic rings. The molecule has 0 radical (unpaired) electrons. The Balaban J connectivity index is 1.91. The van der Waals surface area contributed by atoms with Crippen LogP contribution in [0.25, 0.3) is 0 Å². The molecule has 1 fully saturated rings. The monoisotopic (exact) mass is 458 g/mol. The third-order valence-electron chi connectivity index (χ3n) is 5.81. The largest absolute Gasteiger partial charge is 0.496 e. The van der Waals surface area contributed by atoms with Crippen LogP contribution < -0.4 is 9.46 Å². The molecule has 0 bridgehead atoms. The highest BCUT2D eigenvalue weighted by molar-refractivity contribution is 7.89. The molecule has 0 aliphatic carbocycles. The molecule has 32 heavy (non-hydrogen) atoms. The van der Waals surface area contributed by atoms with Crippen molar-refractivity contribution in [2.24, 2.45) is 5.92 Å². The molecule has 1 aliphatic heterocycles. The average Bonchev–Trinajstić information content (AvgIpc) is 3.07. The molecule has 0 spiro atoms. The zero-order valence-electron chi connectivity index (χ0n) is 19.2. The van der Waals surface area contributed by atoms with Crippen molar-refractivity contribution < 1.29 is 17.9 Å². The molecule has 3 rings (SSSR count). The summed E-state index contributed by atoms with van der Waals surface area (Å²) in [5.41, 5.74) is 1.21. The van der Waals surface area contributed by atoms with Crippen LogP contribution in [0.3, 0.4) is 0 Å². The molecule has 1 atom stereocenters. The van der Waals surface area contributed by atoms with Crippen molar-refractivity contribution in [3.63, 3.8) is 0 Å². The number of hydrogen-bond acceptors (Lipinski definition) is 4. The Morgan fingerprint density at radius 2 is 1.69 bits per heavy atom. The number of amides is 1. The van der Waals surface area contributed by atoms with Crippen LogP contribution in [0.5, 0.6) is 5.75 Å². The number of sulfonamides is 1. The molecule has 0 aromatic heterocycles. The quantitative estimate of drug-likeness (QED) is 0.618. The fourth-order valence-corrected chi connectivity index (χ4v) is 5.39. The van der Waals surface area contributed by atoms with E-state index in [1.165, 1.54) is 19.2 Å². The van der Waals surface area contributed by atoms with Gasteiger partial charge in [0.15, 0.2) is 0 Å². The number of ether oxygens (including phenoxy) is 1. The molecule has 6 nitrogen and oxygen atoms in total. The predicted octanol–water partition coefficient (Wildman–Crippen LogP) is 4.78. The minimum atomic E-state index is -3.85. The standard InChI is InChI=1S/C25H34N2O4S/c1-19(2)17-23(20-11-7-6-8-12-20)26-32(29,30)21-13-14-24(31-3)22(18-21)25(28)27-15-9-4-5-10-16-27/h6-8,11-14,18-19,23,26H,4-5,9-10,15-17H2,1-3H3/t23-/m0/s1. The number of benzene rings is 2. The normalized spacial score (nSPS) is 15.9. The van der Waals surface area contributed by atoms with Crippen LogP contribution >= 0.6 is 0 Å². The Morgan fingerprint density at radius 3 is 2.28 bits per heavy atom. The Morgan fingerprint density at radius 1 is 1.03 bits per heavy atom. The lowest BCUT2D eigenvalue weighted by Crippen LogP contribution is -2.33. The first-order chi connectivity index (χ1) is 15.3. The van der Waals surface area contributed by atoms with Crippen molar-refractivity contribution in [1.29, 1.82) is 0 Å². The molecule has 2 aromatic carbocycles. The fourth-order valence-electron chi connectivity index (χ4n) is 4.13. The summed E-state index contributed by atoms with van der Waals surface area (Å²) in [6.07, 6.45) is 4.80. The van der Waals surface area contributed by atoms with Crippen molar-refractivity contribution in [2.45, 2.75) is 56.9 Å². The van der Waals surface area contributed by atoms with Gasteiger partial charge in [0.2, 0.25) is 10.0 Å². The first kappa shape index (κ1) is 24.3. The van der Waals surface area contributed by atoms with Crippen molar-refractivity contribution in [1.82, 2.24) is 9.62 Å². The number of rotatable bonds is 8. The van der Waals surface area contributed by atoms with Crippen molar-refractivity contribution in [3.05, 3.63) is 59.7 Å². The van der Waals surface area contributed by atoms with Crippen LogP contribution in [-0.4, -0.2) is 39.4 Å². The maximum Gasteiger partial charge on any atom is 0.257 e. The lowest BCUT2D eigenvalue weighted by molar-refractivity contribution is 0.0758. The number of methoxy groups -OCH3 is 1. The summed E-state index contributed by atoms with van der Waals surface area (Å²) in [6.45, 7) is 5.49. The summed E-state index contributed by atoms with van der Waals surface area (Å²) in [4.78, 5) is 15.1. The van der Waals surface area contributed by atoms with E-state index in [-0.39, 0.29) is 22.4 Å². The van der Waals surface area contributed by atoms with E-state index >= 15 is 0 Å². The van der Waals surface area contributed by atoms with Gasteiger partial charge >= 0.3 is 0 Å². The topological polar surface area (TPSA) is 75.7 Å². The second-order valence-electron chi connectivity index (χ2n) is 8.78. The molecule has 1 amide bonds.